The number of aldehydes is 1. The van der Waals surface area contributed by atoms with Gasteiger partial charge in [-0.15, -0.1) is 0 Å². The van der Waals surface area contributed by atoms with E-state index in [2.05, 4.69) is 4.52 Å². The Morgan fingerprint density at radius 2 is 1.69 bits per heavy atom. The summed E-state index contributed by atoms with van der Waals surface area (Å²) in [5.41, 5.74) is 0. The number of carbonyl (C=O) groups excluding carboxylic acids is 1. The first-order valence-electron chi connectivity index (χ1n) is 3.92. The van der Waals surface area contributed by atoms with Crippen molar-refractivity contribution in [2.45, 2.75) is 31.3 Å². The van der Waals surface area contributed by atoms with Gasteiger partial charge in [-0.05, 0) is 6.92 Å². The van der Waals surface area contributed by atoms with Gasteiger partial charge in [0.2, 0.25) is 0 Å². The first-order chi connectivity index (χ1) is 6.69. The predicted molar refractivity (Wildman–Crippen MR) is 47.8 cm³/mol. The van der Waals surface area contributed by atoms with Crippen LogP contribution < -0.4 is 29.6 Å². The minimum absolute atomic E-state index is 0. The molecule has 0 spiro atoms. The summed E-state index contributed by atoms with van der Waals surface area (Å²) in [5.74, 6) is 0. The zero-order valence-corrected chi connectivity index (χ0v) is 11.7. The zero-order valence-electron chi connectivity index (χ0n) is 9.79. The SMILES string of the molecule is C[C@H](OP(=O)(O)O)[C@H](O)[C@@H](O)[C@@H](O)C=O.[H-].[Na+]. The van der Waals surface area contributed by atoms with Crippen LogP contribution in [0.1, 0.15) is 8.35 Å². The van der Waals surface area contributed by atoms with Crippen LogP contribution >= 0.6 is 7.82 Å². The molecule has 0 heterocycles. The Morgan fingerprint density at radius 3 is 2.00 bits per heavy atom. The molecule has 0 aromatic heterocycles. The fourth-order valence-corrected chi connectivity index (χ4v) is 1.40. The van der Waals surface area contributed by atoms with Gasteiger partial charge in [0.15, 0.2) is 6.29 Å². The average molecular weight is 268 g/mol. The molecule has 0 bridgehead atoms. The van der Waals surface area contributed by atoms with Gasteiger partial charge in [0.05, 0.1) is 6.10 Å². The fraction of sp³-hybridized carbons (Fsp3) is 0.833. The molecule has 0 rings (SSSR count). The molecule has 0 radical (unpaired) electrons. The maximum atomic E-state index is 10.4. The number of hydrogen-bond acceptors (Lipinski definition) is 6. The number of rotatable bonds is 6. The van der Waals surface area contributed by atoms with Crippen LogP contribution in [0.4, 0.5) is 0 Å². The summed E-state index contributed by atoms with van der Waals surface area (Å²) in [6.07, 6.45) is -6.96. The van der Waals surface area contributed by atoms with E-state index in [1.807, 2.05) is 0 Å². The van der Waals surface area contributed by atoms with Gasteiger partial charge in [-0.25, -0.2) is 4.57 Å². The molecule has 0 aromatic rings. The van der Waals surface area contributed by atoms with E-state index in [0.29, 0.717) is 0 Å². The van der Waals surface area contributed by atoms with Gasteiger partial charge in [0.25, 0.3) is 0 Å². The van der Waals surface area contributed by atoms with Gasteiger partial charge in [-0.2, -0.15) is 0 Å². The number of carbonyl (C=O) groups is 1. The number of aliphatic hydroxyl groups excluding tert-OH is 3. The van der Waals surface area contributed by atoms with Gasteiger partial charge < -0.3 is 31.3 Å². The van der Waals surface area contributed by atoms with E-state index in [0.717, 1.165) is 6.92 Å². The van der Waals surface area contributed by atoms with Crippen molar-refractivity contribution in [3.63, 3.8) is 0 Å². The molecule has 0 fully saturated rings. The molecular weight excluding hydrogens is 254 g/mol. The predicted octanol–water partition coefficient (Wildman–Crippen LogP) is -5.12. The van der Waals surface area contributed by atoms with Crippen molar-refractivity contribution in [3.05, 3.63) is 0 Å². The van der Waals surface area contributed by atoms with Crippen LogP contribution in [0.5, 0.6) is 0 Å². The number of phosphoric ester groups is 1. The number of aliphatic hydroxyl groups is 3. The fourth-order valence-electron chi connectivity index (χ4n) is 0.839. The Labute approximate surface area is 115 Å². The van der Waals surface area contributed by atoms with Crippen molar-refractivity contribution in [2.75, 3.05) is 0 Å². The Hall–Kier alpha value is 0.660. The van der Waals surface area contributed by atoms with E-state index in [9.17, 15) is 14.5 Å². The van der Waals surface area contributed by atoms with Gasteiger partial charge in [0.1, 0.15) is 18.3 Å². The Morgan fingerprint density at radius 1 is 1.25 bits per heavy atom. The van der Waals surface area contributed by atoms with E-state index in [4.69, 9.17) is 20.0 Å². The molecule has 4 atom stereocenters. The summed E-state index contributed by atoms with van der Waals surface area (Å²) >= 11 is 0. The molecule has 92 valence electrons. The van der Waals surface area contributed by atoms with Crippen LogP contribution in [-0.2, 0) is 13.9 Å². The van der Waals surface area contributed by atoms with Gasteiger partial charge in [-0.3, -0.25) is 4.52 Å². The van der Waals surface area contributed by atoms with Crippen LogP contribution in [-0.4, -0.2) is 55.8 Å². The monoisotopic (exact) mass is 268 g/mol. The Kier molecular flexibility index (Phi) is 9.37. The molecular formula is C6H14NaO8P. The van der Waals surface area contributed by atoms with Crippen molar-refractivity contribution in [1.29, 1.82) is 0 Å². The molecule has 0 aliphatic carbocycles. The second kappa shape index (κ2) is 7.88. The molecule has 16 heavy (non-hydrogen) atoms. The molecule has 0 amide bonds. The molecule has 0 saturated carbocycles. The molecule has 0 saturated heterocycles. The molecule has 0 aromatic carbocycles. The smallest absolute Gasteiger partial charge is 1.00 e. The van der Waals surface area contributed by atoms with E-state index in [1.54, 1.807) is 0 Å². The number of phosphoric acid groups is 1. The van der Waals surface area contributed by atoms with Crippen molar-refractivity contribution < 1.29 is 70.0 Å². The average Bonchev–Trinajstić information content (AvgIpc) is 2.11. The first-order valence-corrected chi connectivity index (χ1v) is 5.45. The Balaban J connectivity index is -0.000000980. The van der Waals surface area contributed by atoms with Crippen LogP contribution in [0.15, 0.2) is 0 Å². The zero-order chi connectivity index (χ0) is 12.2. The Bertz CT molecular complexity index is 260. The quantitative estimate of drug-likeness (QED) is 0.183. The van der Waals surface area contributed by atoms with Crippen LogP contribution in [0.25, 0.3) is 0 Å². The van der Waals surface area contributed by atoms with E-state index in [-0.39, 0.29) is 37.3 Å². The maximum Gasteiger partial charge on any atom is 1.00 e. The summed E-state index contributed by atoms with van der Waals surface area (Å²) in [5, 5.41) is 27.1. The summed E-state index contributed by atoms with van der Waals surface area (Å²) in [7, 11) is -4.80. The maximum absolute atomic E-state index is 10.4. The van der Waals surface area contributed by atoms with E-state index >= 15 is 0 Å². The van der Waals surface area contributed by atoms with E-state index < -0.39 is 32.2 Å². The number of hydrogen-bond donors (Lipinski definition) is 5. The van der Waals surface area contributed by atoms with Crippen molar-refractivity contribution in [3.8, 4) is 0 Å². The van der Waals surface area contributed by atoms with Gasteiger partial charge >= 0.3 is 37.4 Å². The summed E-state index contributed by atoms with van der Waals surface area (Å²) < 4.78 is 14.4. The minimum atomic E-state index is -4.80. The normalized spacial score (nSPS) is 19.1. The third kappa shape index (κ3) is 7.08. The van der Waals surface area contributed by atoms with Gasteiger partial charge in [0, 0.05) is 0 Å². The molecule has 8 nitrogen and oxygen atoms in total. The third-order valence-corrected chi connectivity index (χ3v) is 2.23. The molecule has 0 aliphatic heterocycles. The largest absolute Gasteiger partial charge is 1.00 e. The van der Waals surface area contributed by atoms with Crippen LogP contribution in [0, 0.1) is 0 Å². The minimum Gasteiger partial charge on any atom is -1.00 e. The second-order valence-corrected chi connectivity index (χ2v) is 4.10. The molecule has 10 heteroatoms. The standard InChI is InChI=1S/C6H13O8P.Na.H/c1-3(14-15(11,12)13)5(9)6(10)4(8)2-7;;/h2-6,8-10H,1H3,(H2,11,12,13);;/q;+1;-1/t3-,4-,5-,6-;;/m0../s1. The topological polar surface area (TPSA) is 145 Å². The van der Waals surface area contributed by atoms with Crippen LogP contribution in [0.2, 0.25) is 0 Å². The van der Waals surface area contributed by atoms with Crippen molar-refractivity contribution in [2.24, 2.45) is 0 Å². The van der Waals surface area contributed by atoms with Crippen LogP contribution in [0.3, 0.4) is 0 Å². The molecule has 5 N–H and O–H groups in total. The van der Waals surface area contributed by atoms with Crippen molar-refractivity contribution in [1.82, 2.24) is 0 Å². The molecule has 0 aliphatic rings. The van der Waals surface area contributed by atoms with Crippen molar-refractivity contribution >= 4 is 14.1 Å². The third-order valence-electron chi connectivity index (χ3n) is 1.62. The first kappa shape index (κ1) is 19.0. The van der Waals surface area contributed by atoms with Gasteiger partial charge in [-0.1, -0.05) is 0 Å². The molecule has 0 unspecified atom stereocenters. The second-order valence-electron chi connectivity index (χ2n) is 2.91. The summed E-state index contributed by atoms with van der Waals surface area (Å²) in [4.78, 5) is 26.8. The summed E-state index contributed by atoms with van der Waals surface area (Å²) in [6, 6.07) is 0. The van der Waals surface area contributed by atoms with E-state index in [1.165, 1.54) is 0 Å². The summed E-state index contributed by atoms with van der Waals surface area (Å²) in [6.45, 7) is 1.07.